The van der Waals surface area contributed by atoms with E-state index < -0.39 is 0 Å². The number of hydrogen-bond donors (Lipinski definition) is 1. The fourth-order valence-electron chi connectivity index (χ4n) is 3.37. The molecule has 1 heterocycles. The van der Waals surface area contributed by atoms with Gasteiger partial charge in [-0.05, 0) is 25.0 Å². The molecule has 27 heavy (non-hydrogen) atoms. The quantitative estimate of drug-likeness (QED) is 0.353. The second-order valence-corrected chi connectivity index (χ2v) is 7.49. The van der Waals surface area contributed by atoms with Crippen LogP contribution in [0.5, 0.6) is 0 Å². The van der Waals surface area contributed by atoms with Gasteiger partial charge >= 0.3 is 0 Å². The molecule has 0 fully saturated rings. The average molecular weight is 370 g/mol. The van der Waals surface area contributed by atoms with E-state index in [0.717, 1.165) is 13.0 Å². The highest BCUT2D eigenvalue weighted by Crippen LogP contribution is 2.16. The Labute approximate surface area is 164 Å². The van der Waals surface area contributed by atoms with Crippen molar-refractivity contribution >= 4 is 5.78 Å². The number of aliphatic hydroxyl groups is 1. The summed E-state index contributed by atoms with van der Waals surface area (Å²) in [5.74, 6) is 0.648. The lowest BCUT2D eigenvalue weighted by Gasteiger charge is -2.20. The van der Waals surface area contributed by atoms with Crippen molar-refractivity contribution in [2.24, 2.45) is 11.8 Å². The Morgan fingerprint density at radius 3 is 1.78 bits per heavy atom. The lowest BCUT2D eigenvalue weighted by Crippen LogP contribution is -2.15. The maximum Gasteiger partial charge on any atom is 0.178 e. The molecule has 0 spiro atoms. The van der Waals surface area contributed by atoms with Gasteiger partial charge in [0.1, 0.15) is 0 Å². The fraction of sp³-hybridized carbons (Fsp3) is 0.542. The van der Waals surface area contributed by atoms with Crippen LogP contribution in [0.1, 0.15) is 57.8 Å². The van der Waals surface area contributed by atoms with Gasteiger partial charge in [0.05, 0.1) is 0 Å². The van der Waals surface area contributed by atoms with E-state index in [2.05, 4.69) is 41.6 Å². The minimum atomic E-state index is 0.0748. The van der Waals surface area contributed by atoms with Crippen LogP contribution < -0.4 is 0 Å². The van der Waals surface area contributed by atoms with Crippen LogP contribution in [0.15, 0.2) is 61.0 Å². The summed E-state index contributed by atoms with van der Waals surface area (Å²) in [5.41, 5.74) is 0. The average Bonchev–Trinajstić information content (AvgIpc) is 2.70. The van der Waals surface area contributed by atoms with E-state index in [-0.39, 0.29) is 11.7 Å². The summed E-state index contributed by atoms with van der Waals surface area (Å²) in [5, 5.41) is 8.74. The molecular formula is C24H35NO2. The number of unbranched alkanes of at least 4 members (excludes halogenated alkanes) is 8. The van der Waals surface area contributed by atoms with E-state index in [4.69, 9.17) is 5.11 Å². The largest absolute Gasteiger partial charge is 0.396 e. The number of carbonyl (C=O) groups excluding carboxylic acids is 1. The van der Waals surface area contributed by atoms with Gasteiger partial charge in [-0.1, -0.05) is 81.4 Å². The second kappa shape index (κ2) is 13.3. The van der Waals surface area contributed by atoms with Gasteiger partial charge in [0.15, 0.2) is 5.78 Å². The molecule has 0 atom stereocenters. The Kier molecular flexibility index (Phi) is 10.6. The molecule has 1 aliphatic carbocycles. The lowest BCUT2D eigenvalue weighted by atomic mass is 9.99. The van der Waals surface area contributed by atoms with Gasteiger partial charge in [-0.15, -0.1) is 0 Å². The van der Waals surface area contributed by atoms with Crippen LogP contribution in [0.4, 0.5) is 0 Å². The van der Waals surface area contributed by atoms with Gasteiger partial charge in [-0.2, -0.15) is 0 Å². The minimum absolute atomic E-state index is 0.0748. The van der Waals surface area contributed by atoms with Crippen molar-refractivity contribution in [2.45, 2.75) is 57.8 Å². The molecule has 0 saturated carbocycles. The van der Waals surface area contributed by atoms with Gasteiger partial charge in [0, 0.05) is 37.4 Å². The molecule has 1 N–H and O–H groups in total. The first-order valence-corrected chi connectivity index (χ1v) is 10.6. The Hall–Kier alpha value is -1.87. The van der Waals surface area contributed by atoms with Crippen molar-refractivity contribution < 1.29 is 9.90 Å². The maximum absolute atomic E-state index is 11.1. The molecule has 0 bridgehead atoms. The number of aliphatic hydroxyl groups excluding tert-OH is 1. The predicted octanol–water partition coefficient (Wildman–Crippen LogP) is 5.32. The summed E-state index contributed by atoms with van der Waals surface area (Å²) in [6, 6.07) is 0. The Morgan fingerprint density at radius 1 is 0.741 bits per heavy atom. The smallest absolute Gasteiger partial charge is 0.178 e. The molecular weight excluding hydrogens is 334 g/mol. The van der Waals surface area contributed by atoms with Gasteiger partial charge in [0.25, 0.3) is 0 Å². The minimum Gasteiger partial charge on any atom is -0.396 e. The maximum atomic E-state index is 11.1. The number of ketones is 1. The van der Waals surface area contributed by atoms with Gasteiger partial charge in [-0.25, -0.2) is 0 Å². The summed E-state index contributed by atoms with van der Waals surface area (Å²) in [4.78, 5) is 13.4. The molecule has 3 nitrogen and oxygen atoms in total. The summed E-state index contributed by atoms with van der Waals surface area (Å²) in [6.07, 6.45) is 31.6. The molecule has 148 valence electrons. The third-order valence-corrected chi connectivity index (χ3v) is 5.09. The third-order valence-electron chi connectivity index (χ3n) is 5.09. The highest BCUT2D eigenvalue weighted by Gasteiger charge is 2.06. The SMILES string of the molecule is O=C1C=CC(/C=C/C2C=CN(CCCCCCCCCCCO)C=C2)C=C1. The molecule has 2 rings (SSSR count). The highest BCUT2D eigenvalue weighted by atomic mass is 16.2. The first-order chi connectivity index (χ1) is 13.3. The Balaban J connectivity index is 1.50. The van der Waals surface area contributed by atoms with E-state index in [9.17, 15) is 4.79 Å². The highest BCUT2D eigenvalue weighted by molar-refractivity contribution is 6.00. The Morgan fingerprint density at radius 2 is 1.22 bits per heavy atom. The van der Waals surface area contributed by atoms with E-state index >= 15 is 0 Å². The van der Waals surface area contributed by atoms with Crippen molar-refractivity contribution in [1.29, 1.82) is 0 Å². The van der Waals surface area contributed by atoms with Gasteiger partial charge in [0.2, 0.25) is 0 Å². The zero-order valence-corrected chi connectivity index (χ0v) is 16.5. The normalized spacial score (nSPS) is 17.7. The van der Waals surface area contributed by atoms with E-state index in [1.165, 1.54) is 51.4 Å². The number of nitrogens with zero attached hydrogens (tertiary/aromatic N) is 1. The molecule has 0 saturated heterocycles. The monoisotopic (exact) mass is 369 g/mol. The van der Waals surface area contributed by atoms with Crippen molar-refractivity contribution in [3.63, 3.8) is 0 Å². The van der Waals surface area contributed by atoms with E-state index in [1.54, 1.807) is 12.2 Å². The molecule has 1 aliphatic heterocycles. The summed E-state index contributed by atoms with van der Waals surface area (Å²) >= 11 is 0. The Bertz CT molecular complexity index is 541. The first kappa shape index (κ1) is 21.4. The number of carbonyl (C=O) groups is 1. The van der Waals surface area contributed by atoms with Crippen LogP contribution in [0.3, 0.4) is 0 Å². The predicted molar refractivity (Wildman–Crippen MR) is 113 cm³/mol. The van der Waals surface area contributed by atoms with E-state index in [1.807, 2.05) is 12.2 Å². The fourth-order valence-corrected chi connectivity index (χ4v) is 3.37. The van der Waals surface area contributed by atoms with Crippen LogP contribution in [0, 0.1) is 11.8 Å². The molecule has 0 aromatic carbocycles. The van der Waals surface area contributed by atoms with Crippen LogP contribution in [-0.4, -0.2) is 28.9 Å². The molecule has 0 unspecified atom stereocenters. The van der Waals surface area contributed by atoms with E-state index in [0.29, 0.717) is 12.5 Å². The summed E-state index contributed by atoms with van der Waals surface area (Å²) < 4.78 is 0. The summed E-state index contributed by atoms with van der Waals surface area (Å²) in [7, 11) is 0. The third kappa shape index (κ3) is 9.58. The van der Waals surface area contributed by atoms with Crippen LogP contribution in [0.25, 0.3) is 0 Å². The number of rotatable bonds is 13. The molecule has 0 aromatic heterocycles. The summed E-state index contributed by atoms with van der Waals surface area (Å²) in [6.45, 7) is 1.43. The number of allylic oxidation sites excluding steroid dienone is 8. The second-order valence-electron chi connectivity index (χ2n) is 7.49. The zero-order chi connectivity index (χ0) is 19.2. The molecule has 3 heteroatoms. The van der Waals surface area contributed by atoms with Crippen LogP contribution >= 0.6 is 0 Å². The molecule has 0 radical (unpaired) electrons. The lowest BCUT2D eigenvalue weighted by molar-refractivity contribution is -0.110. The molecule has 0 amide bonds. The van der Waals surface area contributed by atoms with Crippen molar-refractivity contribution in [3.05, 3.63) is 61.0 Å². The zero-order valence-electron chi connectivity index (χ0n) is 16.5. The topological polar surface area (TPSA) is 40.5 Å². The van der Waals surface area contributed by atoms with Gasteiger partial charge in [-0.3, -0.25) is 4.79 Å². The van der Waals surface area contributed by atoms with Crippen LogP contribution in [-0.2, 0) is 4.79 Å². The van der Waals surface area contributed by atoms with Crippen molar-refractivity contribution in [3.8, 4) is 0 Å². The van der Waals surface area contributed by atoms with Crippen molar-refractivity contribution in [2.75, 3.05) is 13.2 Å². The number of hydrogen-bond acceptors (Lipinski definition) is 3. The van der Waals surface area contributed by atoms with Gasteiger partial charge < -0.3 is 10.0 Å². The molecule has 2 aliphatic rings. The van der Waals surface area contributed by atoms with Crippen LogP contribution in [0.2, 0.25) is 0 Å². The standard InChI is InChI=1S/C24H35NO2/c26-21-9-7-5-3-1-2-4-6-8-18-25-19-16-23(17-20-25)11-10-22-12-14-24(27)15-13-22/h10-17,19-20,22-23,26H,1-9,18,21H2/b11-10+. The van der Waals surface area contributed by atoms with Crippen molar-refractivity contribution in [1.82, 2.24) is 4.90 Å². The molecule has 0 aromatic rings. The first-order valence-electron chi connectivity index (χ1n) is 10.6.